The third kappa shape index (κ3) is 9.23. The van der Waals surface area contributed by atoms with Crippen LogP contribution in [0.2, 0.25) is 0 Å². The number of nitrogen functional groups attached to an aromatic ring is 2. The van der Waals surface area contributed by atoms with E-state index < -0.39 is 0 Å². The molecule has 228 valence electrons. The maximum atomic E-state index is 5.99. The van der Waals surface area contributed by atoms with Crippen molar-refractivity contribution in [1.29, 1.82) is 0 Å². The average molecular weight is 575 g/mol. The van der Waals surface area contributed by atoms with E-state index in [9.17, 15) is 0 Å². The Hall–Kier alpha value is -3.52. The first-order valence-corrected chi connectivity index (χ1v) is 16.9. The molecule has 0 radical (unpaired) electrons. The van der Waals surface area contributed by atoms with E-state index >= 15 is 0 Å². The normalized spacial score (nSPS) is 13.5. The van der Waals surface area contributed by atoms with Gasteiger partial charge in [0.25, 0.3) is 0 Å². The molecule has 0 aliphatic heterocycles. The van der Waals surface area contributed by atoms with Crippen LogP contribution in [0.3, 0.4) is 0 Å². The predicted molar refractivity (Wildman–Crippen MR) is 188 cm³/mol. The fourth-order valence-electron chi connectivity index (χ4n) is 6.66. The van der Waals surface area contributed by atoms with E-state index in [0.717, 1.165) is 37.1 Å². The summed E-state index contributed by atoms with van der Waals surface area (Å²) in [7, 11) is 0. The number of nitrogens with two attached hydrogens (primary N) is 2. The van der Waals surface area contributed by atoms with Gasteiger partial charge in [0.15, 0.2) is 0 Å². The predicted octanol–water partition coefficient (Wildman–Crippen LogP) is 11.6. The lowest BCUT2D eigenvalue weighted by molar-refractivity contribution is 0.568. The molecule has 0 heterocycles. The monoisotopic (exact) mass is 574 g/mol. The van der Waals surface area contributed by atoms with Gasteiger partial charge in [-0.3, -0.25) is 0 Å². The van der Waals surface area contributed by atoms with Crippen LogP contribution in [0.25, 0.3) is 0 Å². The van der Waals surface area contributed by atoms with Gasteiger partial charge in [0.2, 0.25) is 0 Å². The summed E-state index contributed by atoms with van der Waals surface area (Å²) < 4.78 is 0. The molecule has 0 fully saturated rings. The summed E-state index contributed by atoms with van der Waals surface area (Å²) in [6.45, 7) is 6.84. The van der Waals surface area contributed by atoms with Crippen LogP contribution in [0.1, 0.15) is 143 Å². The zero-order valence-electron chi connectivity index (χ0n) is 26.9. The first-order valence-electron chi connectivity index (χ1n) is 16.9. The summed E-state index contributed by atoms with van der Waals surface area (Å²) >= 11 is 0. The Labute approximate surface area is 261 Å². The molecule has 2 atom stereocenters. The maximum absolute atomic E-state index is 5.99. The summed E-state index contributed by atoms with van der Waals surface area (Å²) in [6.07, 6.45) is 13.7. The molecule has 4 rings (SSSR count). The van der Waals surface area contributed by atoms with E-state index in [1.807, 2.05) is 24.3 Å². The highest BCUT2D eigenvalue weighted by molar-refractivity contribution is 5.45. The minimum atomic E-state index is 0.403. The van der Waals surface area contributed by atoms with Crippen molar-refractivity contribution >= 4 is 11.4 Å². The standard InChI is InChI=1S/C41H54N2/c1-4-7-8-9-10-11-14-41(33-19-15-31(16-20-33)39(12-5-2)35-23-27-37(42)28-24-35)34-21-17-32(18-22-34)40(13-6-3)36-25-29-38(43)30-26-36/h15-30,39-41H,4-14,42-43H2,1-3H3. The van der Waals surface area contributed by atoms with E-state index in [4.69, 9.17) is 11.5 Å². The molecule has 0 aliphatic carbocycles. The SMILES string of the molecule is CCCCCCCCC(c1ccc(C(CCC)c2ccc(N)cc2)cc1)c1ccc(C(CCC)c2ccc(N)cc2)cc1. The molecule has 0 spiro atoms. The molecule has 0 amide bonds. The minimum Gasteiger partial charge on any atom is -0.399 e. The summed E-state index contributed by atoms with van der Waals surface area (Å²) in [5.74, 6) is 1.22. The largest absolute Gasteiger partial charge is 0.399 e. The van der Waals surface area contributed by atoms with Crippen molar-refractivity contribution in [3.63, 3.8) is 0 Å². The van der Waals surface area contributed by atoms with E-state index in [2.05, 4.69) is 93.6 Å². The molecule has 2 nitrogen and oxygen atoms in total. The summed E-state index contributed by atoms with van der Waals surface area (Å²) in [5.41, 5.74) is 22.0. The van der Waals surface area contributed by atoms with Gasteiger partial charge in [0.1, 0.15) is 0 Å². The minimum absolute atomic E-state index is 0.403. The summed E-state index contributed by atoms with van der Waals surface area (Å²) in [4.78, 5) is 0. The van der Waals surface area contributed by atoms with Crippen molar-refractivity contribution in [2.24, 2.45) is 0 Å². The zero-order chi connectivity index (χ0) is 30.4. The van der Waals surface area contributed by atoms with Gasteiger partial charge in [-0.2, -0.15) is 0 Å². The second-order valence-electron chi connectivity index (χ2n) is 12.5. The molecule has 0 saturated heterocycles. The summed E-state index contributed by atoms with van der Waals surface area (Å²) in [5, 5.41) is 0. The third-order valence-electron chi connectivity index (χ3n) is 9.16. The van der Waals surface area contributed by atoms with Crippen LogP contribution in [0.4, 0.5) is 11.4 Å². The van der Waals surface area contributed by atoms with Crippen LogP contribution < -0.4 is 11.5 Å². The lowest BCUT2D eigenvalue weighted by Gasteiger charge is -2.23. The highest BCUT2D eigenvalue weighted by Gasteiger charge is 2.19. The van der Waals surface area contributed by atoms with Crippen LogP contribution in [0, 0.1) is 0 Å². The smallest absolute Gasteiger partial charge is 0.0314 e. The number of benzene rings is 4. The van der Waals surface area contributed by atoms with Crippen molar-refractivity contribution in [3.05, 3.63) is 130 Å². The van der Waals surface area contributed by atoms with Crippen molar-refractivity contribution in [2.75, 3.05) is 11.5 Å². The van der Waals surface area contributed by atoms with E-state index in [-0.39, 0.29) is 0 Å². The van der Waals surface area contributed by atoms with Gasteiger partial charge in [-0.1, -0.05) is 145 Å². The number of unbranched alkanes of at least 4 members (excludes halogenated alkanes) is 5. The Bertz CT molecular complexity index is 1220. The number of hydrogen-bond acceptors (Lipinski definition) is 2. The molecule has 0 aliphatic rings. The van der Waals surface area contributed by atoms with Crippen molar-refractivity contribution in [1.82, 2.24) is 0 Å². The Morgan fingerprint density at radius 1 is 0.349 bits per heavy atom. The molecule has 2 unspecified atom stereocenters. The molecule has 4 N–H and O–H groups in total. The van der Waals surface area contributed by atoms with E-state index in [1.54, 1.807) is 0 Å². The van der Waals surface area contributed by atoms with Gasteiger partial charge in [-0.25, -0.2) is 0 Å². The lowest BCUT2D eigenvalue weighted by Crippen LogP contribution is -2.06. The first-order chi connectivity index (χ1) is 21.0. The molecular formula is C41H54N2. The fraction of sp³-hybridized carbons (Fsp3) is 0.415. The number of hydrogen-bond donors (Lipinski definition) is 2. The highest BCUT2D eigenvalue weighted by atomic mass is 14.5. The van der Waals surface area contributed by atoms with Gasteiger partial charge < -0.3 is 11.5 Å². The molecular weight excluding hydrogens is 520 g/mol. The summed E-state index contributed by atoms with van der Waals surface area (Å²) in [6, 6.07) is 36.1. The van der Waals surface area contributed by atoms with Crippen LogP contribution in [-0.4, -0.2) is 0 Å². The van der Waals surface area contributed by atoms with Gasteiger partial charge in [0.05, 0.1) is 0 Å². The zero-order valence-corrected chi connectivity index (χ0v) is 26.9. The third-order valence-corrected chi connectivity index (χ3v) is 9.16. The Morgan fingerprint density at radius 3 is 0.953 bits per heavy atom. The van der Waals surface area contributed by atoms with Gasteiger partial charge in [-0.05, 0) is 76.9 Å². The fourth-order valence-corrected chi connectivity index (χ4v) is 6.66. The Kier molecular flexibility index (Phi) is 12.8. The number of anilines is 2. The molecule has 4 aromatic carbocycles. The molecule has 2 heteroatoms. The Balaban J connectivity index is 1.58. The second kappa shape index (κ2) is 16.9. The first kappa shape index (κ1) is 32.4. The molecule has 0 saturated carbocycles. The van der Waals surface area contributed by atoms with E-state index in [0.29, 0.717) is 17.8 Å². The molecule has 0 bridgehead atoms. The van der Waals surface area contributed by atoms with Gasteiger partial charge >= 0.3 is 0 Å². The molecule has 43 heavy (non-hydrogen) atoms. The molecule has 0 aromatic heterocycles. The molecule has 4 aromatic rings. The van der Waals surface area contributed by atoms with E-state index in [1.165, 1.54) is 78.3 Å². The van der Waals surface area contributed by atoms with Crippen molar-refractivity contribution in [2.45, 2.75) is 109 Å². The van der Waals surface area contributed by atoms with Crippen LogP contribution in [0.15, 0.2) is 97.1 Å². The van der Waals surface area contributed by atoms with Crippen molar-refractivity contribution < 1.29 is 0 Å². The van der Waals surface area contributed by atoms with Crippen molar-refractivity contribution in [3.8, 4) is 0 Å². The van der Waals surface area contributed by atoms with Gasteiger partial charge in [-0.15, -0.1) is 0 Å². The Morgan fingerprint density at radius 2 is 0.628 bits per heavy atom. The van der Waals surface area contributed by atoms with Crippen LogP contribution >= 0.6 is 0 Å². The maximum Gasteiger partial charge on any atom is 0.0314 e. The van der Waals surface area contributed by atoms with Crippen LogP contribution in [0.5, 0.6) is 0 Å². The quantitative estimate of drug-likeness (QED) is 0.0973. The highest BCUT2D eigenvalue weighted by Crippen LogP contribution is 2.36. The van der Waals surface area contributed by atoms with Crippen LogP contribution in [-0.2, 0) is 0 Å². The average Bonchev–Trinajstić information content (AvgIpc) is 3.04. The second-order valence-corrected chi connectivity index (χ2v) is 12.5. The van der Waals surface area contributed by atoms with Gasteiger partial charge in [0, 0.05) is 29.1 Å². The number of rotatable bonds is 17. The lowest BCUT2D eigenvalue weighted by atomic mass is 9.82. The topological polar surface area (TPSA) is 52.0 Å².